The Morgan fingerprint density at radius 3 is 2.54 bits per heavy atom. The molecule has 0 saturated heterocycles. The van der Waals surface area contributed by atoms with Crippen molar-refractivity contribution in [1.82, 2.24) is 5.32 Å². The van der Waals surface area contributed by atoms with Crippen molar-refractivity contribution in [1.29, 1.82) is 0 Å². The van der Waals surface area contributed by atoms with Gasteiger partial charge in [0.15, 0.2) is 0 Å². The average Bonchev–Trinajstić information content (AvgIpc) is 3.26. The molecule has 5 nitrogen and oxygen atoms in total. The third-order valence-electron chi connectivity index (χ3n) is 6.15. The Balaban J connectivity index is 1.43. The molecule has 0 radical (unpaired) electrons. The number of phenolic OH excluding ortho intramolecular Hbond substituents is 1. The van der Waals surface area contributed by atoms with Gasteiger partial charge in [0, 0.05) is 22.5 Å². The molecule has 0 heterocycles. The van der Waals surface area contributed by atoms with Crippen LogP contribution >= 0.6 is 0 Å². The van der Waals surface area contributed by atoms with Crippen LogP contribution in [0.4, 0.5) is 5.69 Å². The molecule has 2 aromatic carbocycles. The van der Waals surface area contributed by atoms with Crippen LogP contribution in [-0.2, 0) is 9.59 Å². The summed E-state index contributed by atoms with van der Waals surface area (Å²) in [5.74, 6) is 0.863. The molecule has 5 heteroatoms. The highest BCUT2D eigenvalue weighted by Gasteiger charge is 2.42. The summed E-state index contributed by atoms with van der Waals surface area (Å²) < 4.78 is 0. The Morgan fingerprint density at radius 1 is 1.04 bits per heavy atom. The predicted octanol–water partition coefficient (Wildman–Crippen LogP) is 3.42. The minimum atomic E-state index is -0.671. The van der Waals surface area contributed by atoms with E-state index in [-0.39, 0.29) is 11.8 Å². The predicted molar refractivity (Wildman–Crippen MR) is 101 cm³/mol. The highest BCUT2D eigenvalue weighted by molar-refractivity contribution is 6.40. The number of carbonyl (C=O) groups is 2. The van der Waals surface area contributed by atoms with Gasteiger partial charge in [-0.3, -0.25) is 9.59 Å². The summed E-state index contributed by atoms with van der Waals surface area (Å²) in [6.07, 6.45) is 5.00. The zero-order valence-electron chi connectivity index (χ0n) is 14.9. The van der Waals surface area contributed by atoms with E-state index in [1.807, 2.05) is 6.92 Å². The topological polar surface area (TPSA) is 78.4 Å². The maximum Gasteiger partial charge on any atom is 0.313 e. The van der Waals surface area contributed by atoms with Crippen molar-refractivity contribution in [3.05, 3.63) is 36.4 Å². The van der Waals surface area contributed by atoms with Crippen LogP contribution in [0, 0.1) is 17.8 Å². The summed E-state index contributed by atoms with van der Waals surface area (Å²) in [6.45, 7) is 2.01. The summed E-state index contributed by atoms with van der Waals surface area (Å²) in [5, 5.41) is 16.8. The van der Waals surface area contributed by atoms with Crippen molar-refractivity contribution < 1.29 is 14.7 Å². The number of hydrogen-bond acceptors (Lipinski definition) is 3. The van der Waals surface area contributed by atoms with Gasteiger partial charge in [-0.25, -0.2) is 0 Å². The van der Waals surface area contributed by atoms with Gasteiger partial charge in [-0.1, -0.05) is 30.7 Å². The molecule has 2 aromatic rings. The van der Waals surface area contributed by atoms with Crippen LogP contribution < -0.4 is 10.6 Å². The molecule has 2 bridgehead atoms. The van der Waals surface area contributed by atoms with E-state index in [1.165, 1.54) is 19.3 Å². The number of nitrogens with one attached hydrogen (secondary N) is 2. The van der Waals surface area contributed by atoms with Gasteiger partial charge in [0.05, 0.1) is 0 Å². The van der Waals surface area contributed by atoms with E-state index < -0.39 is 11.8 Å². The number of aromatic hydroxyl groups is 1. The average molecular weight is 352 g/mol. The largest absolute Gasteiger partial charge is 0.507 e. The van der Waals surface area contributed by atoms with Gasteiger partial charge in [0.1, 0.15) is 5.75 Å². The molecule has 26 heavy (non-hydrogen) atoms. The maximum absolute atomic E-state index is 12.4. The van der Waals surface area contributed by atoms with Gasteiger partial charge in [-0.05, 0) is 56.1 Å². The second-order valence-corrected chi connectivity index (χ2v) is 7.73. The zero-order valence-corrected chi connectivity index (χ0v) is 14.9. The van der Waals surface area contributed by atoms with E-state index in [9.17, 15) is 14.7 Å². The molecule has 4 atom stereocenters. The van der Waals surface area contributed by atoms with Gasteiger partial charge in [-0.15, -0.1) is 0 Å². The lowest BCUT2D eigenvalue weighted by Crippen LogP contribution is -2.45. The second kappa shape index (κ2) is 6.63. The van der Waals surface area contributed by atoms with E-state index in [2.05, 4.69) is 10.6 Å². The Bertz CT molecular complexity index is 863. The summed E-state index contributed by atoms with van der Waals surface area (Å²) in [4.78, 5) is 24.7. The van der Waals surface area contributed by atoms with E-state index in [0.29, 0.717) is 28.3 Å². The molecule has 4 unspecified atom stereocenters. The quantitative estimate of drug-likeness (QED) is 0.741. The summed E-state index contributed by atoms with van der Waals surface area (Å²) in [5.41, 5.74) is 0.520. The van der Waals surface area contributed by atoms with E-state index in [4.69, 9.17) is 0 Å². The molecular formula is C21H24N2O3. The van der Waals surface area contributed by atoms with Gasteiger partial charge in [0.25, 0.3) is 0 Å². The fourth-order valence-corrected chi connectivity index (χ4v) is 4.87. The number of hydrogen-bond donors (Lipinski definition) is 3. The molecular weight excluding hydrogens is 328 g/mol. The lowest BCUT2D eigenvalue weighted by Gasteiger charge is -2.28. The van der Waals surface area contributed by atoms with Crippen molar-refractivity contribution in [3.8, 4) is 5.75 Å². The molecule has 0 aliphatic heterocycles. The lowest BCUT2D eigenvalue weighted by molar-refractivity contribution is -0.136. The standard InChI is InChI=1S/C21H24N2O3/c1-12(17-11-13-8-9-14(17)10-13)22-20(25)21(26)23-18-6-2-5-16-15(18)4-3-7-19(16)24/h2-7,12-14,17,24H,8-11H2,1H3,(H,22,25)(H,23,26). The second-order valence-electron chi connectivity index (χ2n) is 7.73. The van der Waals surface area contributed by atoms with Crippen LogP contribution in [0.25, 0.3) is 10.8 Å². The van der Waals surface area contributed by atoms with Crippen molar-refractivity contribution in [2.24, 2.45) is 17.8 Å². The molecule has 2 amide bonds. The minimum Gasteiger partial charge on any atom is -0.507 e. The number of anilines is 1. The number of fused-ring (bicyclic) bond motifs is 3. The van der Waals surface area contributed by atoms with Crippen LogP contribution in [-0.4, -0.2) is 23.0 Å². The van der Waals surface area contributed by atoms with Gasteiger partial charge in [0.2, 0.25) is 0 Å². The smallest absolute Gasteiger partial charge is 0.313 e. The molecule has 2 aliphatic carbocycles. The molecule has 2 aliphatic rings. The first-order valence-electron chi connectivity index (χ1n) is 9.35. The monoisotopic (exact) mass is 352 g/mol. The first-order valence-corrected chi connectivity index (χ1v) is 9.35. The molecule has 3 N–H and O–H groups in total. The third-order valence-corrected chi connectivity index (χ3v) is 6.15. The highest BCUT2D eigenvalue weighted by Crippen LogP contribution is 2.49. The Morgan fingerprint density at radius 2 is 1.81 bits per heavy atom. The summed E-state index contributed by atoms with van der Waals surface area (Å²) in [7, 11) is 0. The molecule has 4 rings (SSSR count). The minimum absolute atomic E-state index is 0.0140. The molecule has 0 spiro atoms. The zero-order chi connectivity index (χ0) is 18.3. The number of benzene rings is 2. The Kier molecular flexibility index (Phi) is 4.31. The van der Waals surface area contributed by atoms with Gasteiger partial charge in [-0.2, -0.15) is 0 Å². The first-order chi connectivity index (χ1) is 12.5. The number of phenols is 1. The van der Waals surface area contributed by atoms with Crippen LogP contribution in [0.1, 0.15) is 32.6 Å². The van der Waals surface area contributed by atoms with Crippen LogP contribution in [0.3, 0.4) is 0 Å². The van der Waals surface area contributed by atoms with Crippen LogP contribution in [0.5, 0.6) is 5.75 Å². The SMILES string of the molecule is CC(NC(=O)C(=O)Nc1cccc2c(O)cccc12)C1CC2CCC1C2. The highest BCUT2D eigenvalue weighted by atomic mass is 16.3. The van der Waals surface area contributed by atoms with Crippen molar-refractivity contribution >= 4 is 28.3 Å². The van der Waals surface area contributed by atoms with Crippen LogP contribution in [0.2, 0.25) is 0 Å². The summed E-state index contributed by atoms with van der Waals surface area (Å²) in [6, 6.07) is 10.4. The normalized spacial score (nSPS) is 25.2. The van der Waals surface area contributed by atoms with Crippen molar-refractivity contribution in [3.63, 3.8) is 0 Å². The van der Waals surface area contributed by atoms with E-state index in [0.717, 1.165) is 12.3 Å². The van der Waals surface area contributed by atoms with Gasteiger partial charge >= 0.3 is 11.8 Å². The number of carbonyl (C=O) groups excluding carboxylic acids is 2. The third kappa shape index (κ3) is 3.02. The van der Waals surface area contributed by atoms with E-state index in [1.54, 1.807) is 36.4 Å². The summed E-state index contributed by atoms with van der Waals surface area (Å²) >= 11 is 0. The molecule has 0 aromatic heterocycles. The van der Waals surface area contributed by atoms with Crippen LogP contribution in [0.15, 0.2) is 36.4 Å². The fourth-order valence-electron chi connectivity index (χ4n) is 4.87. The van der Waals surface area contributed by atoms with Crippen molar-refractivity contribution in [2.45, 2.75) is 38.6 Å². The fraction of sp³-hybridized carbons (Fsp3) is 0.429. The van der Waals surface area contributed by atoms with Gasteiger partial charge < -0.3 is 15.7 Å². The number of rotatable bonds is 3. The van der Waals surface area contributed by atoms with E-state index >= 15 is 0 Å². The maximum atomic E-state index is 12.4. The molecule has 2 fully saturated rings. The lowest BCUT2D eigenvalue weighted by atomic mass is 9.84. The Labute approximate surface area is 152 Å². The molecule has 2 saturated carbocycles. The first kappa shape index (κ1) is 16.9. The number of amides is 2. The Hall–Kier alpha value is -2.56. The van der Waals surface area contributed by atoms with Crippen molar-refractivity contribution in [2.75, 3.05) is 5.32 Å². The molecule has 136 valence electrons.